The molecule has 0 unspecified atom stereocenters. The first-order chi connectivity index (χ1) is 9.08. The van der Waals surface area contributed by atoms with Gasteiger partial charge in [-0.15, -0.1) is 0 Å². The topological polar surface area (TPSA) is 46.2 Å². The molecule has 1 atom stereocenters. The first-order valence-corrected chi connectivity index (χ1v) is 7.28. The lowest BCUT2D eigenvalue weighted by molar-refractivity contribution is 0.0840. The van der Waals surface area contributed by atoms with Crippen molar-refractivity contribution >= 4 is 0 Å². The lowest BCUT2D eigenvalue weighted by Gasteiger charge is -2.44. The van der Waals surface area contributed by atoms with Gasteiger partial charge in [0.2, 0.25) is 0 Å². The zero-order chi connectivity index (χ0) is 13.9. The van der Waals surface area contributed by atoms with Gasteiger partial charge in [-0.1, -0.05) is 25.5 Å². The molecule has 0 saturated heterocycles. The van der Waals surface area contributed by atoms with Crippen molar-refractivity contribution in [2.45, 2.75) is 63.0 Å². The van der Waals surface area contributed by atoms with Crippen molar-refractivity contribution in [2.75, 3.05) is 0 Å². The fourth-order valence-corrected chi connectivity index (χ4v) is 3.36. The maximum Gasteiger partial charge on any atom is 0.123 e. The van der Waals surface area contributed by atoms with E-state index in [1.165, 1.54) is 12.1 Å². The Kier molecular flexibility index (Phi) is 4.58. The van der Waals surface area contributed by atoms with Crippen LogP contribution < -0.4 is 5.73 Å². The highest BCUT2D eigenvalue weighted by molar-refractivity contribution is 5.29. The standard InChI is InChI=1S/C16H24FNO/c1-2-3-15(18)16(10-8-14(19)9-11-16)12-4-6-13(17)7-5-12/h4-7,14-15,19H,2-3,8-11,18H2,1H3/t14-,15-,16+/m1/s1. The summed E-state index contributed by atoms with van der Waals surface area (Å²) in [6.45, 7) is 2.13. The van der Waals surface area contributed by atoms with Gasteiger partial charge in [-0.05, 0) is 49.8 Å². The summed E-state index contributed by atoms with van der Waals surface area (Å²) in [6, 6.07) is 6.84. The minimum absolute atomic E-state index is 0.0791. The van der Waals surface area contributed by atoms with E-state index in [2.05, 4.69) is 6.92 Å². The molecule has 3 heteroatoms. The Labute approximate surface area is 114 Å². The molecule has 2 nitrogen and oxygen atoms in total. The van der Waals surface area contributed by atoms with Gasteiger partial charge < -0.3 is 10.8 Å². The molecule has 0 spiro atoms. The number of rotatable bonds is 4. The Morgan fingerprint density at radius 2 is 1.89 bits per heavy atom. The van der Waals surface area contributed by atoms with Crippen molar-refractivity contribution in [3.8, 4) is 0 Å². The molecule has 0 heterocycles. The van der Waals surface area contributed by atoms with Crippen molar-refractivity contribution in [1.82, 2.24) is 0 Å². The number of hydrogen-bond acceptors (Lipinski definition) is 2. The van der Waals surface area contributed by atoms with E-state index in [1.807, 2.05) is 12.1 Å². The first-order valence-electron chi connectivity index (χ1n) is 7.28. The predicted octanol–water partition coefficient (Wildman–Crippen LogP) is 3.13. The lowest BCUT2D eigenvalue weighted by atomic mass is 9.63. The maximum absolute atomic E-state index is 13.1. The second-order valence-corrected chi connectivity index (χ2v) is 5.79. The molecule has 2 rings (SSSR count). The van der Waals surface area contributed by atoms with Crippen LogP contribution in [0.25, 0.3) is 0 Å². The lowest BCUT2D eigenvalue weighted by Crippen LogP contribution is -2.48. The largest absolute Gasteiger partial charge is 0.393 e. The van der Waals surface area contributed by atoms with Gasteiger partial charge in [-0.2, -0.15) is 0 Å². The van der Waals surface area contributed by atoms with E-state index in [1.54, 1.807) is 0 Å². The van der Waals surface area contributed by atoms with Crippen LogP contribution in [0.4, 0.5) is 4.39 Å². The summed E-state index contributed by atoms with van der Waals surface area (Å²) < 4.78 is 13.1. The minimum Gasteiger partial charge on any atom is -0.393 e. The summed E-state index contributed by atoms with van der Waals surface area (Å²) in [5.74, 6) is -0.209. The number of nitrogens with two attached hydrogens (primary N) is 1. The summed E-state index contributed by atoms with van der Waals surface area (Å²) in [6.07, 6.45) is 5.16. The highest BCUT2D eigenvalue weighted by Gasteiger charge is 2.40. The third-order valence-electron chi connectivity index (χ3n) is 4.58. The van der Waals surface area contributed by atoms with Crippen LogP contribution >= 0.6 is 0 Å². The van der Waals surface area contributed by atoms with E-state index < -0.39 is 0 Å². The number of aliphatic hydroxyl groups is 1. The average molecular weight is 265 g/mol. The van der Waals surface area contributed by atoms with Gasteiger partial charge in [-0.25, -0.2) is 4.39 Å². The summed E-state index contributed by atoms with van der Waals surface area (Å²) in [5.41, 5.74) is 7.47. The fourth-order valence-electron chi connectivity index (χ4n) is 3.36. The highest BCUT2D eigenvalue weighted by atomic mass is 19.1. The third-order valence-corrected chi connectivity index (χ3v) is 4.58. The van der Waals surface area contributed by atoms with Crippen molar-refractivity contribution in [3.63, 3.8) is 0 Å². The molecule has 1 aromatic carbocycles. The highest BCUT2D eigenvalue weighted by Crippen LogP contribution is 2.42. The molecule has 0 amide bonds. The molecule has 1 fully saturated rings. The number of benzene rings is 1. The summed E-state index contributed by atoms with van der Waals surface area (Å²) in [5, 5.41) is 9.74. The third kappa shape index (κ3) is 2.98. The van der Waals surface area contributed by atoms with Crippen LogP contribution in [0.3, 0.4) is 0 Å². The van der Waals surface area contributed by atoms with Gasteiger partial charge in [0.1, 0.15) is 5.82 Å². The minimum atomic E-state index is -0.209. The van der Waals surface area contributed by atoms with Crippen LogP contribution in [0.15, 0.2) is 24.3 Å². The molecule has 1 aliphatic carbocycles. The van der Waals surface area contributed by atoms with Gasteiger partial charge in [0.05, 0.1) is 6.10 Å². The van der Waals surface area contributed by atoms with Crippen LogP contribution in [-0.2, 0) is 5.41 Å². The molecule has 1 aliphatic rings. The van der Waals surface area contributed by atoms with E-state index in [0.29, 0.717) is 0 Å². The van der Waals surface area contributed by atoms with E-state index in [4.69, 9.17) is 5.73 Å². The second-order valence-electron chi connectivity index (χ2n) is 5.79. The quantitative estimate of drug-likeness (QED) is 0.878. The molecule has 106 valence electrons. The van der Waals surface area contributed by atoms with E-state index in [9.17, 15) is 9.50 Å². The fraction of sp³-hybridized carbons (Fsp3) is 0.625. The summed E-state index contributed by atoms with van der Waals surface area (Å²) in [7, 11) is 0. The Morgan fingerprint density at radius 1 is 1.32 bits per heavy atom. The smallest absolute Gasteiger partial charge is 0.123 e. The first kappa shape index (κ1) is 14.5. The van der Waals surface area contributed by atoms with Gasteiger partial charge in [0, 0.05) is 11.5 Å². The Balaban J connectivity index is 2.30. The monoisotopic (exact) mass is 265 g/mol. The Hall–Kier alpha value is -0.930. The average Bonchev–Trinajstić information content (AvgIpc) is 2.41. The molecular weight excluding hydrogens is 241 g/mol. The van der Waals surface area contributed by atoms with Gasteiger partial charge in [0.25, 0.3) is 0 Å². The van der Waals surface area contributed by atoms with Crippen molar-refractivity contribution in [1.29, 1.82) is 0 Å². The van der Waals surface area contributed by atoms with E-state index >= 15 is 0 Å². The summed E-state index contributed by atoms with van der Waals surface area (Å²) >= 11 is 0. The number of hydrogen-bond donors (Lipinski definition) is 2. The molecule has 19 heavy (non-hydrogen) atoms. The number of halogens is 1. The van der Waals surface area contributed by atoms with Gasteiger partial charge in [-0.3, -0.25) is 0 Å². The molecule has 1 aromatic rings. The zero-order valence-corrected chi connectivity index (χ0v) is 11.6. The van der Waals surface area contributed by atoms with Crippen molar-refractivity contribution < 1.29 is 9.50 Å². The SMILES string of the molecule is CCC[C@@H](N)[C@]1(c2ccc(F)cc2)CC[C@H](O)CC1. The van der Waals surface area contributed by atoms with Crippen LogP contribution in [0.1, 0.15) is 51.0 Å². The molecule has 0 bridgehead atoms. The van der Waals surface area contributed by atoms with Crippen molar-refractivity contribution in [3.05, 3.63) is 35.6 Å². The molecule has 1 saturated carbocycles. The normalized spacial score (nSPS) is 29.2. The van der Waals surface area contributed by atoms with Crippen LogP contribution in [0.5, 0.6) is 0 Å². The number of aliphatic hydroxyl groups excluding tert-OH is 1. The van der Waals surface area contributed by atoms with E-state index in [-0.39, 0.29) is 23.4 Å². The molecule has 3 N–H and O–H groups in total. The predicted molar refractivity (Wildman–Crippen MR) is 75.4 cm³/mol. The van der Waals surface area contributed by atoms with Crippen LogP contribution in [0, 0.1) is 5.82 Å². The Bertz CT molecular complexity index is 396. The molecule has 0 radical (unpaired) electrons. The van der Waals surface area contributed by atoms with Crippen molar-refractivity contribution in [2.24, 2.45) is 5.73 Å². The zero-order valence-electron chi connectivity index (χ0n) is 11.6. The summed E-state index contributed by atoms with van der Waals surface area (Å²) in [4.78, 5) is 0. The van der Waals surface area contributed by atoms with E-state index in [0.717, 1.165) is 44.1 Å². The van der Waals surface area contributed by atoms with Gasteiger partial charge >= 0.3 is 0 Å². The molecule has 0 aromatic heterocycles. The molecular formula is C16H24FNO. The maximum atomic E-state index is 13.1. The van der Waals surface area contributed by atoms with Crippen LogP contribution in [0.2, 0.25) is 0 Å². The second kappa shape index (κ2) is 6.02. The van der Waals surface area contributed by atoms with Crippen LogP contribution in [-0.4, -0.2) is 17.3 Å². The Morgan fingerprint density at radius 3 is 2.42 bits per heavy atom. The van der Waals surface area contributed by atoms with Gasteiger partial charge in [0.15, 0.2) is 0 Å². The molecule has 0 aliphatic heterocycles.